The maximum Gasteiger partial charge on any atom is 0.255 e. The number of amides is 1. The number of aromatic nitrogens is 3. The van der Waals surface area contributed by atoms with Crippen molar-refractivity contribution < 1.29 is 4.79 Å². The van der Waals surface area contributed by atoms with E-state index in [-0.39, 0.29) is 18.0 Å². The van der Waals surface area contributed by atoms with Crippen LogP contribution in [0.2, 0.25) is 0 Å². The first kappa shape index (κ1) is 14.8. The van der Waals surface area contributed by atoms with Crippen molar-refractivity contribution in [3.8, 4) is 11.4 Å². The molecule has 1 fully saturated rings. The largest absolute Gasteiger partial charge is 0.330 e. The smallest absolute Gasteiger partial charge is 0.255 e. The number of carbonyl (C=O) groups is 1. The molecule has 1 aromatic carbocycles. The van der Waals surface area contributed by atoms with Crippen LogP contribution in [0.4, 0.5) is 0 Å². The lowest BCUT2D eigenvalue weighted by Crippen LogP contribution is -2.41. The summed E-state index contributed by atoms with van der Waals surface area (Å²) in [5.74, 6) is 2.06. The van der Waals surface area contributed by atoms with Crippen molar-refractivity contribution in [1.29, 1.82) is 0 Å². The molecule has 6 heteroatoms. The lowest BCUT2D eigenvalue weighted by atomic mass is 10.1. The van der Waals surface area contributed by atoms with Crippen LogP contribution in [0.15, 0.2) is 47.2 Å². The monoisotopic (exact) mass is 350 g/mol. The number of hydrogen-bond donors (Lipinski definition) is 0. The van der Waals surface area contributed by atoms with Crippen LogP contribution in [0.3, 0.4) is 0 Å². The van der Waals surface area contributed by atoms with Crippen LogP contribution in [-0.2, 0) is 13.0 Å². The van der Waals surface area contributed by atoms with E-state index in [9.17, 15) is 4.79 Å². The van der Waals surface area contributed by atoms with E-state index in [2.05, 4.69) is 31.8 Å². The van der Waals surface area contributed by atoms with Crippen molar-refractivity contribution in [3.63, 3.8) is 0 Å². The van der Waals surface area contributed by atoms with Gasteiger partial charge < -0.3 is 9.47 Å². The van der Waals surface area contributed by atoms with Crippen molar-refractivity contribution in [1.82, 2.24) is 19.7 Å². The van der Waals surface area contributed by atoms with Gasteiger partial charge in [0.15, 0.2) is 5.82 Å². The van der Waals surface area contributed by atoms with Crippen LogP contribution < -0.4 is 0 Å². The molecule has 0 N–H and O–H groups in total. The van der Waals surface area contributed by atoms with E-state index >= 15 is 0 Å². The van der Waals surface area contributed by atoms with E-state index in [1.807, 2.05) is 35.0 Å². The van der Waals surface area contributed by atoms with Gasteiger partial charge in [-0.3, -0.25) is 4.79 Å². The third-order valence-electron chi connectivity index (χ3n) is 5.29. The topological polar surface area (TPSA) is 51.0 Å². The van der Waals surface area contributed by atoms with Gasteiger partial charge in [-0.05, 0) is 24.3 Å². The number of fused-ring (bicyclic) bond motifs is 3. The van der Waals surface area contributed by atoms with E-state index in [1.165, 1.54) is 0 Å². The van der Waals surface area contributed by atoms with Gasteiger partial charge in [0.25, 0.3) is 5.91 Å². The molecule has 0 unspecified atom stereocenters. The standard InChI is InChI=1S/C19H18N4OS/c24-19(14-8-9-25-12-14)23-15-6-7-16(23)11-22-17(10-15)20-21-18(22)13-4-2-1-3-5-13/h1-5,8-9,12,15-16H,6-7,10-11H2/t15-,16+/m0/s1. The van der Waals surface area contributed by atoms with Gasteiger partial charge in [0.05, 0.1) is 11.6 Å². The van der Waals surface area contributed by atoms with Gasteiger partial charge in [0, 0.05) is 30.0 Å². The van der Waals surface area contributed by atoms with Crippen LogP contribution in [0, 0.1) is 0 Å². The van der Waals surface area contributed by atoms with Crippen LogP contribution in [0.1, 0.15) is 29.0 Å². The number of nitrogens with zero attached hydrogens (tertiary/aromatic N) is 4. The Morgan fingerprint density at radius 2 is 1.92 bits per heavy atom. The fourth-order valence-electron chi connectivity index (χ4n) is 4.11. The quantitative estimate of drug-likeness (QED) is 0.713. The van der Waals surface area contributed by atoms with Crippen molar-refractivity contribution in [2.24, 2.45) is 0 Å². The number of rotatable bonds is 2. The molecule has 2 aliphatic rings. The van der Waals surface area contributed by atoms with E-state index in [1.54, 1.807) is 11.3 Å². The SMILES string of the molecule is O=C(c1ccsc1)N1[C@@H]2CC[C@H]1Cc1nnc(-c3ccccc3)n1C2. The molecule has 1 saturated heterocycles. The summed E-state index contributed by atoms with van der Waals surface area (Å²) >= 11 is 1.57. The van der Waals surface area contributed by atoms with E-state index < -0.39 is 0 Å². The van der Waals surface area contributed by atoms with Crippen molar-refractivity contribution >= 4 is 17.2 Å². The normalized spacial score (nSPS) is 21.8. The number of thiophene rings is 1. The summed E-state index contributed by atoms with van der Waals surface area (Å²) in [4.78, 5) is 15.1. The van der Waals surface area contributed by atoms with Crippen molar-refractivity contribution in [2.45, 2.75) is 37.9 Å². The van der Waals surface area contributed by atoms with Gasteiger partial charge in [0.1, 0.15) is 5.82 Å². The summed E-state index contributed by atoms with van der Waals surface area (Å²) in [5.41, 5.74) is 1.89. The van der Waals surface area contributed by atoms with Crippen LogP contribution in [0.25, 0.3) is 11.4 Å². The fraction of sp³-hybridized carbons (Fsp3) is 0.316. The Labute approximate surface area is 149 Å². The van der Waals surface area contributed by atoms with Gasteiger partial charge in [-0.1, -0.05) is 30.3 Å². The van der Waals surface area contributed by atoms with Crippen LogP contribution in [-0.4, -0.2) is 37.7 Å². The van der Waals surface area contributed by atoms with E-state index in [4.69, 9.17) is 0 Å². The van der Waals surface area contributed by atoms with Crippen LogP contribution >= 0.6 is 11.3 Å². The van der Waals surface area contributed by atoms with Gasteiger partial charge >= 0.3 is 0 Å². The predicted octanol–water partition coefficient (Wildman–Crippen LogP) is 3.24. The van der Waals surface area contributed by atoms with Crippen molar-refractivity contribution in [2.75, 3.05) is 0 Å². The average molecular weight is 350 g/mol. The molecule has 5 nitrogen and oxygen atoms in total. The molecule has 0 radical (unpaired) electrons. The summed E-state index contributed by atoms with van der Waals surface area (Å²) in [5, 5.41) is 12.8. The second-order valence-corrected chi connectivity index (χ2v) is 7.51. The molecule has 0 aliphatic carbocycles. The first-order valence-corrected chi connectivity index (χ1v) is 9.58. The number of benzene rings is 1. The fourth-order valence-corrected chi connectivity index (χ4v) is 4.74. The minimum atomic E-state index is 0.161. The minimum absolute atomic E-state index is 0.161. The Bertz CT molecular complexity index is 903. The third-order valence-corrected chi connectivity index (χ3v) is 5.98. The molecule has 5 rings (SSSR count). The molecule has 126 valence electrons. The molecule has 4 heterocycles. The Morgan fingerprint density at radius 1 is 1.08 bits per heavy atom. The zero-order valence-corrected chi connectivity index (χ0v) is 14.5. The molecule has 1 amide bonds. The van der Waals surface area contributed by atoms with E-state index in [0.29, 0.717) is 0 Å². The average Bonchev–Trinajstić information content (AvgIpc) is 3.35. The number of carbonyl (C=O) groups excluding carboxylic acids is 1. The molecule has 3 aromatic rings. The Hall–Kier alpha value is -2.47. The zero-order valence-electron chi connectivity index (χ0n) is 13.7. The van der Waals surface area contributed by atoms with Crippen molar-refractivity contribution in [3.05, 3.63) is 58.5 Å². The molecule has 2 aliphatic heterocycles. The summed E-state index contributed by atoms with van der Waals surface area (Å²) in [6.45, 7) is 0.777. The summed E-state index contributed by atoms with van der Waals surface area (Å²) < 4.78 is 2.22. The summed E-state index contributed by atoms with van der Waals surface area (Å²) in [7, 11) is 0. The molecule has 25 heavy (non-hydrogen) atoms. The maximum atomic E-state index is 13.0. The van der Waals surface area contributed by atoms with Gasteiger partial charge in [-0.2, -0.15) is 11.3 Å². The first-order chi connectivity index (χ1) is 12.3. The summed E-state index contributed by atoms with van der Waals surface area (Å²) in [6, 6.07) is 12.5. The highest BCUT2D eigenvalue weighted by atomic mass is 32.1. The highest BCUT2D eigenvalue weighted by Gasteiger charge is 2.41. The Kier molecular flexibility index (Phi) is 3.45. The number of hydrogen-bond acceptors (Lipinski definition) is 4. The first-order valence-electron chi connectivity index (χ1n) is 8.63. The highest BCUT2D eigenvalue weighted by Crippen LogP contribution is 2.34. The predicted molar refractivity (Wildman–Crippen MR) is 96.5 cm³/mol. The molecule has 2 bridgehead atoms. The Balaban J connectivity index is 1.51. The Morgan fingerprint density at radius 3 is 2.72 bits per heavy atom. The maximum absolute atomic E-state index is 13.0. The lowest BCUT2D eigenvalue weighted by molar-refractivity contribution is 0.0666. The van der Waals surface area contributed by atoms with Gasteiger partial charge in [-0.25, -0.2) is 0 Å². The zero-order chi connectivity index (χ0) is 16.8. The highest BCUT2D eigenvalue weighted by molar-refractivity contribution is 7.08. The minimum Gasteiger partial charge on any atom is -0.330 e. The molecule has 2 aromatic heterocycles. The molecule has 0 saturated carbocycles. The molecular formula is C19H18N4OS. The second kappa shape index (κ2) is 5.81. The molecule has 0 spiro atoms. The van der Waals surface area contributed by atoms with Gasteiger partial charge in [0.2, 0.25) is 0 Å². The molecule has 2 atom stereocenters. The molecular weight excluding hydrogens is 332 g/mol. The third kappa shape index (κ3) is 2.40. The summed E-state index contributed by atoms with van der Waals surface area (Å²) in [6.07, 6.45) is 2.88. The van der Waals surface area contributed by atoms with E-state index in [0.717, 1.165) is 48.6 Å². The lowest BCUT2D eigenvalue weighted by Gasteiger charge is -2.27. The second-order valence-electron chi connectivity index (χ2n) is 6.73. The van der Waals surface area contributed by atoms with Gasteiger partial charge in [-0.15, -0.1) is 10.2 Å². The van der Waals surface area contributed by atoms with Crippen LogP contribution in [0.5, 0.6) is 0 Å².